The lowest BCUT2D eigenvalue weighted by Crippen LogP contribution is -2.42. The number of amides is 1. The SMILES string of the molecule is O=C(N[C@@H](Cc1ccc(-c2ccccc2)cc1)C(=O)O)c1cc(I)ccc1NS(=O)(=O)c1ccc2ccccc2c1. The van der Waals surface area contributed by atoms with Crippen LogP contribution in [0.3, 0.4) is 0 Å². The minimum absolute atomic E-state index is 0.0203. The summed E-state index contributed by atoms with van der Waals surface area (Å²) < 4.78 is 29.7. The van der Waals surface area contributed by atoms with Crippen molar-refractivity contribution in [3.8, 4) is 11.1 Å². The van der Waals surface area contributed by atoms with Gasteiger partial charge in [-0.3, -0.25) is 9.52 Å². The standard InChI is InChI=1S/C32H25IN2O5S/c33-26-15-17-29(35-41(39,40)27-16-14-23-8-4-5-9-25(23)19-27)28(20-26)31(36)34-30(32(37)38)18-21-10-12-24(13-11-21)22-6-2-1-3-7-22/h1-17,19-20,30,35H,18H2,(H,34,36)(H,37,38)/t30-/m0/s1. The number of anilines is 1. The first-order valence-electron chi connectivity index (χ1n) is 12.7. The van der Waals surface area contributed by atoms with E-state index in [4.69, 9.17) is 0 Å². The molecule has 7 nitrogen and oxygen atoms in total. The number of halogens is 1. The van der Waals surface area contributed by atoms with Crippen molar-refractivity contribution < 1.29 is 23.1 Å². The van der Waals surface area contributed by atoms with Crippen LogP contribution in [-0.4, -0.2) is 31.4 Å². The zero-order valence-corrected chi connectivity index (χ0v) is 24.6. The van der Waals surface area contributed by atoms with Gasteiger partial charge in [-0.05, 0) is 80.4 Å². The molecule has 0 radical (unpaired) electrons. The van der Waals surface area contributed by atoms with Crippen molar-refractivity contribution >= 4 is 61.0 Å². The monoisotopic (exact) mass is 676 g/mol. The van der Waals surface area contributed by atoms with Gasteiger partial charge in [-0.1, -0.05) is 84.9 Å². The van der Waals surface area contributed by atoms with Crippen LogP contribution in [-0.2, 0) is 21.2 Å². The van der Waals surface area contributed by atoms with Gasteiger partial charge in [-0.15, -0.1) is 0 Å². The molecule has 1 amide bonds. The molecule has 0 heterocycles. The summed E-state index contributed by atoms with van der Waals surface area (Å²) in [6.07, 6.45) is 0.0538. The van der Waals surface area contributed by atoms with E-state index in [9.17, 15) is 23.1 Å². The van der Waals surface area contributed by atoms with E-state index in [1.807, 2.05) is 101 Å². The summed E-state index contributed by atoms with van der Waals surface area (Å²) in [7, 11) is -4.04. The van der Waals surface area contributed by atoms with E-state index in [1.165, 1.54) is 18.2 Å². The van der Waals surface area contributed by atoms with Crippen LogP contribution in [0.2, 0.25) is 0 Å². The Morgan fingerprint density at radius 3 is 2.12 bits per heavy atom. The average molecular weight is 677 g/mol. The second kappa shape index (κ2) is 12.1. The fraction of sp³-hybridized carbons (Fsp3) is 0.0625. The summed E-state index contributed by atoms with van der Waals surface area (Å²) >= 11 is 2.01. The molecule has 0 aromatic heterocycles. The Hall–Kier alpha value is -4.22. The maximum absolute atomic E-state index is 13.3. The van der Waals surface area contributed by atoms with Crippen molar-refractivity contribution in [2.75, 3.05) is 4.72 Å². The first kappa shape index (κ1) is 28.3. The van der Waals surface area contributed by atoms with Crippen molar-refractivity contribution in [2.24, 2.45) is 0 Å². The molecule has 41 heavy (non-hydrogen) atoms. The topological polar surface area (TPSA) is 113 Å². The number of aliphatic carboxylic acids is 1. The summed E-state index contributed by atoms with van der Waals surface area (Å²) in [6, 6.07) is 32.9. The number of hydrogen-bond donors (Lipinski definition) is 3. The summed E-state index contributed by atoms with van der Waals surface area (Å²) in [6.45, 7) is 0. The summed E-state index contributed by atoms with van der Waals surface area (Å²) in [5, 5.41) is 14.1. The van der Waals surface area contributed by atoms with Crippen LogP contribution < -0.4 is 10.0 Å². The largest absolute Gasteiger partial charge is 0.480 e. The molecular weight excluding hydrogens is 651 g/mol. The Labute approximate surface area is 251 Å². The zero-order chi connectivity index (χ0) is 29.0. The van der Waals surface area contributed by atoms with E-state index in [0.29, 0.717) is 3.57 Å². The van der Waals surface area contributed by atoms with Gasteiger partial charge in [-0.25, -0.2) is 13.2 Å². The maximum atomic E-state index is 13.3. The molecule has 0 fully saturated rings. The molecule has 5 aromatic carbocycles. The molecule has 0 bridgehead atoms. The average Bonchev–Trinajstić information content (AvgIpc) is 2.98. The Bertz CT molecular complexity index is 1840. The van der Waals surface area contributed by atoms with Gasteiger partial charge in [0.2, 0.25) is 0 Å². The predicted molar refractivity (Wildman–Crippen MR) is 168 cm³/mol. The lowest BCUT2D eigenvalue weighted by Gasteiger charge is -2.18. The molecule has 0 unspecified atom stereocenters. The van der Waals surface area contributed by atoms with Gasteiger partial charge in [0.15, 0.2) is 0 Å². The van der Waals surface area contributed by atoms with Gasteiger partial charge in [0, 0.05) is 9.99 Å². The lowest BCUT2D eigenvalue weighted by molar-refractivity contribution is -0.139. The van der Waals surface area contributed by atoms with Crippen LogP contribution in [0.15, 0.2) is 120 Å². The van der Waals surface area contributed by atoms with Crippen LogP contribution in [0.25, 0.3) is 21.9 Å². The molecule has 0 saturated carbocycles. The number of carboxylic acids is 1. The highest BCUT2D eigenvalue weighted by Gasteiger charge is 2.25. The van der Waals surface area contributed by atoms with Crippen LogP contribution in [0.5, 0.6) is 0 Å². The number of nitrogens with one attached hydrogen (secondary N) is 2. The number of fused-ring (bicyclic) bond motifs is 1. The Kier molecular flexibility index (Phi) is 8.36. The number of rotatable bonds is 9. The molecule has 5 rings (SSSR count). The molecule has 3 N–H and O–H groups in total. The van der Waals surface area contributed by atoms with Crippen LogP contribution in [0.1, 0.15) is 15.9 Å². The third kappa shape index (κ3) is 6.75. The summed E-state index contributed by atoms with van der Waals surface area (Å²) in [4.78, 5) is 25.5. The molecular formula is C32H25IN2O5S. The highest BCUT2D eigenvalue weighted by Crippen LogP contribution is 2.25. The van der Waals surface area contributed by atoms with E-state index < -0.39 is 27.9 Å². The number of sulfonamides is 1. The second-order valence-electron chi connectivity index (χ2n) is 9.44. The smallest absolute Gasteiger partial charge is 0.326 e. The summed E-state index contributed by atoms with van der Waals surface area (Å²) in [5.41, 5.74) is 2.84. The van der Waals surface area contributed by atoms with Gasteiger partial charge in [0.05, 0.1) is 16.1 Å². The van der Waals surface area contributed by atoms with E-state index in [-0.39, 0.29) is 22.6 Å². The third-order valence-corrected chi connectivity index (χ3v) is 8.64. The fourth-order valence-corrected chi connectivity index (χ4v) is 6.07. The van der Waals surface area contributed by atoms with E-state index in [1.54, 1.807) is 18.2 Å². The quantitative estimate of drug-likeness (QED) is 0.158. The first-order chi connectivity index (χ1) is 19.7. The van der Waals surface area contributed by atoms with E-state index in [2.05, 4.69) is 10.0 Å². The lowest BCUT2D eigenvalue weighted by atomic mass is 10.0. The number of carbonyl (C=O) groups is 2. The number of hydrogen-bond acceptors (Lipinski definition) is 4. The van der Waals surface area contributed by atoms with Gasteiger partial charge in [0.1, 0.15) is 6.04 Å². The van der Waals surface area contributed by atoms with Crippen LogP contribution in [0, 0.1) is 3.57 Å². The predicted octanol–water partition coefficient (Wildman–Crippen LogP) is 6.34. The Balaban J connectivity index is 1.36. The van der Waals surface area contributed by atoms with Gasteiger partial charge < -0.3 is 10.4 Å². The van der Waals surface area contributed by atoms with E-state index in [0.717, 1.165) is 27.5 Å². The van der Waals surface area contributed by atoms with Gasteiger partial charge in [0.25, 0.3) is 15.9 Å². The second-order valence-corrected chi connectivity index (χ2v) is 12.4. The van der Waals surface area contributed by atoms with Crippen molar-refractivity contribution in [3.05, 3.63) is 130 Å². The highest BCUT2D eigenvalue weighted by molar-refractivity contribution is 14.1. The number of carboxylic acid groups (broad SMARTS) is 1. The van der Waals surface area contributed by atoms with Gasteiger partial charge in [-0.2, -0.15) is 0 Å². The van der Waals surface area contributed by atoms with Gasteiger partial charge >= 0.3 is 5.97 Å². The summed E-state index contributed by atoms with van der Waals surface area (Å²) in [5.74, 6) is -1.90. The van der Waals surface area contributed by atoms with Crippen molar-refractivity contribution in [3.63, 3.8) is 0 Å². The van der Waals surface area contributed by atoms with Crippen molar-refractivity contribution in [2.45, 2.75) is 17.4 Å². The number of benzene rings is 5. The molecule has 0 saturated heterocycles. The molecule has 206 valence electrons. The van der Waals surface area contributed by atoms with Crippen LogP contribution in [0.4, 0.5) is 5.69 Å². The number of carbonyl (C=O) groups excluding carboxylic acids is 1. The molecule has 0 aliphatic carbocycles. The molecule has 1 atom stereocenters. The zero-order valence-electron chi connectivity index (χ0n) is 21.6. The van der Waals surface area contributed by atoms with Crippen molar-refractivity contribution in [1.29, 1.82) is 0 Å². The molecule has 0 aliphatic rings. The third-order valence-electron chi connectivity index (χ3n) is 6.61. The fourth-order valence-electron chi connectivity index (χ4n) is 4.47. The van der Waals surface area contributed by atoms with Crippen molar-refractivity contribution in [1.82, 2.24) is 5.32 Å². The normalized spacial score (nSPS) is 12.0. The highest BCUT2D eigenvalue weighted by atomic mass is 127. The first-order valence-corrected chi connectivity index (χ1v) is 15.2. The molecule has 0 aliphatic heterocycles. The minimum atomic E-state index is -4.04. The molecule has 0 spiro atoms. The van der Waals surface area contributed by atoms with E-state index >= 15 is 0 Å². The Morgan fingerprint density at radius 2 is 1.41 bits per heavy atom. The maximum Gasteiger partial charge on any atom is 0.326 e. The molecule has 5 aromatic rings. The minimum Gasteiger partial charge on any atom is -0.480 e. The van der Waals surface area contributed by atoms with Crippen LogP contribution >= 0.6 is 22.6 Å². The molecule has 9 heteroatoms. The Morgan fingerprint density at radius 1 is 0.756 bits per heavy atom.